The molecule has 124 valence electrons. The molecule has 2 heterocycles. The fraction of sp³-hybridized carbons (Fsp3) is 0.150. The smallest absolute Gasteiger partial charge is 0.338 e. The van der Waals surface area contributed by atoms with Crippen LogP contribution in [0.1, 0.15) is 15.9 Å². The van der Waals surface area contributed by atoms with E-state index in [-0.39, 0.29) is 19.4 Å². The second-order valence-electron chi connectivity index (χ2n) is 6.01. The number of benzene rings is 3. The van der Waals surface area contributed by atoms with E-state index >= 15 is 0 Å². The van der Waals surface area contributed by atoms with Gasteiger partial charge in [0, 0.05) is 5.56 Å². The van der Waals surface area contributed by atoms with Gasteiger partial charge in [0.15, 0.2) is 11.5 Å². The summed E-state index contributed by atoms with van der Waals surface area (Å²) in [4.78, 5) is 12.1. The molecule has 0 saturated heterocycles. The molecule has 5 heteroatoms. The van der Waals surface area contributed by atoms with Crippen LogP contribution in [0.4, 0.5) is 0 Å². The van der Waals surface area contributed by atoms with E-state index in [1.165, 1.54) is 0 Å². The van der Waals surface area contributed by atoms with Crippen LogP contribution in [-0.4, -0.2) is 19.9 Å². The predicted octanol–water partition coefficient (Wildman–Crippen LogP) is 3.91. The van der Waals surface area contributed by atoms with E-state index in [1.807, 2.05) is 42.5 Å². The molecule has 0 aliphatic carbocycles. The fourth-order valence-corrected chi connectivity index (χ4v) is 3.47. The molecule has 0 radical (unpaired) electrons. The Morgan fingerprint density at radius 3 is 2.48 bits per heavy atom. The molecule has 0 aromatic heterocycles. The minimum absolute atomic E-state index is 0.214. The average Bonchev–Trinajstić information content (AvgIpc) is 3.24. The highest BCUT2D eigenvalue weighted by Crippen LogP contribution is 2.43. The van der Waals surface area contributed by atoms with Crippen molar-refractivity contribution in [2.45, 2.75) is 6.61 Å². The van der Waals surface area contributed by atoms with Gasteiger partial charge in [-0.1, -0.05) is 12.1 Å². The van der Waals surface area contributed by atoms with Crippen LogP contribution in [0.5, 0.6) is 17.2 Å². The summed E-state index contributed by atoms with van der Waals surface area (Å²) in [6.45, 7) is 0.491. The van der Waals surface area contributed by atoms with Crippen molar-refractivity contribution in [1.29, 1.82) is 0 Å². The van der Waals surface area contributed by atoms with Gasteiger partial charge in [-0.05, 0) is 52.2 Å². The molecule has 5 rings (SSSR count). The Kier molecular flexibility index (Phi) is 2.91. The van der Waals surface area contributed by atoms with Crippen LogP contribution in [0.2, 0.25) is 0 Å². The molecular formula is C20H14O5. The maximum absolute atomic E-state index is 12.1. The predicted molar refractivity (Wildman–Crippen MR) is 91.2 cm³/mol. The average molecular weight is 334 g/mol. The molecule has 0 amide bonds. The summed E-state index contributed by atoms with van der Waals surface area (Å²) in [7, 11) is 1.64. The SMILES string of the molecule is COc1ccc(-c2c3c(cc4cc5c(cc24)OCO5)C(=O)OC3)cc1. The van der Waals surface area contributed by atoms with E-state index in [2.05, 4.69) is 0 Å². The Bertz CT molecular complexity index is 1020. The zero-order valence-electron chi connectivity index (χ0n) is 13.5. The minimum atomic E-state index is -0.288. The van der Waals surface area contributed by atoms with Gasteiger partial charge in [-0.3, -0.25) is 0 Å². The molecule has 0 saturated carbocycles. The molecule has 0 spiro atoms. The number of hydrogen-bond donors (Lipinski definition) is 0. The highest BCUT2D eigenvalue weighted by atomic mass is 16.7. The number of hydrogen-bond acceptors (Lipinski definition) is 5. The molecule has 0 unspecified atom stereocenters. The van der Waals surface area contributed by atoms with Gasteiger partial charge in [0.25, 0.3) is 0 Å². The quantitative estimate of drug-likeness (QED) is 0.665. The molecule has 25 heavy (non-hydrogen) atoms. The number of ether oxygens (including phenoxy) is 4. The van der Waals surface area contributed by atoms with Crippen LogP contribution < -0.4 is 14.2 Å². The van der Waals surface area contributed by atoms with Crippen molar-refractivity contribution in [1.82, 2.24) is 0 Å². The zero-order valence-corrected chi connectivity index (χ0v) is 13.5. The van der Waals surface area contributed by atoms with Crippen molar-refractivity contribution in [3.05, 3.63) is 53.6 Å². The summed E-state index contributed by atoms with van der Waals surface area (Å²) >= 11 is 0. The molecule has 3 aromatic rings. The lowest BCUT2D eigenvalue weighted by Crippen LogP contribution is -1.96. The van der Waals surface area contributed by atoms with Gasteiger partial charge in [0.1, 0.15) is 12.4 Å². The third-order valence-corrected chi connectivity index (χ3v) is 4.69. The van der Waals surface area contributed by atoms with Crippen molar-refractivity contribution >= 4 is 16.7 Å². The number of rotatable bonds is 2. The molecule has 0 atom stereocenters. The topological polar surface area (TPSA) is 54.0 Å². The molecule has 2 aliphatic rings. The first-order valence-electron chi connectivity index (χ1n) is 7.95. The number of cyclic esters (lactones) is 1. The monoisotopic (exact) mass is 334 g/mol. The first kappa shape index (κ1) is 14.2. The van der Waals surface area contributed by atoms with Crippen molar-refractivity contribution in [3.8, 4) is 28.4 Å². The van der Waals surface area contributed by atoms with Gasteiger partial charge in [-0.15, -0.1) is 0 Å². The molecule has 5 nitrogen and oxygen atoms in total. The standard InChI is InChI=1S/C20H14O5/c1-22-13-4-2-11(3-5-13)19-14-8-18-17(24-10-25-18)7-12(14)6-15-16(19)9-23-20(15)21/h2-8H,9-10H2,1H3. The van der Waals surface area contributed by atoms with Gasteiger partial charge in [-0.25, -0.2) is 4.79 Å². The number of fused-ring (bicyclic) bond motifs is 3. The molecule has 2 aliphatic heterocycles. The normalized spacial score (nSPS) is 14.5. The zero-order chi connectivity index (χ0) is 17.0. The Balaban J connectivity index is 1.84. The summed E-state index contributed by atoms with van der Waals surface area (Å²) < 4.78 is 21.5. The third kappa shape index (κ3) is 2.05. The van der Waals surface area contributed by atoms with E-state index in [9.17, 15) is 4.79 Å². The first-order chi connectivity index (χ1) is 12.2. The Hall–Kier alpha value is -3.21. The van der Waals surface area contributed by atoms with E-state index in [0.29, 0.717) is 17.1 Å². The second kappa shape index (κ2) is 5.14. The summed E-state index contributed by atoms with van der Waals surface area (Å²) in [6.07, 6.45) is 0. The van der Waals surface area contributed by atoms with Gasteiger partial charge < -0.3 is 18.9 Å². The van der Waals surface area contributed by atoms with Crippen LogP contribution in [0.25, 0.3) is 21.9 Å². The lowest BCUT2D eigenvalue weighted by molar-refractivity contribution is 0.0535. The van der Waals surface area contributed by atoms with E-state index in [0.717, 1.165) is 33.2 Å². The van der Waals surface area contributed by atoms with Crippen LogP contribution in [-0.2, 0) is 11.3 Å². The highest BCUT2D eigenvalue weighted by molar-refractivity contribution is 6.08. The highest BCUT2D eigenvalue weighted by Gasteiger charge is 2.28. The maximum Gasteiger partial charge on any atom is 0.338 e. The molecule has 0 N–H and O–H groups in total. The van der Waals surface area contributed by atoms with Gasteiger partial charge in [-0.2, -0.15) is 0 Å². The van der Waals surface area contributed by atoms with Gasteiger partial charge >= 0.3 is 5.97 Å². The van der Waals surface area contributed by atoms with Crippen molar-refractivity contribution < 1.29 is 23.7 Å². The van der Waals surface area contributed by atoms with Crippen LogP contribution in [0.15, 0.2) is 42.5 Å². The van der Waals surface area contributed by atoms with E-state index < -0.39 is 0 Å². The Labute approximate surface area is 143 Å². The Morgan fingerprint density at radius 1 is 0.960 bits per heavy atom. The molecular weight excluding hydrogens is 320 g/mol. The van der Waals surface area contributed by atoms with Crippen LogP contribution in [0, 0.1) is 0 Å². The summed E-state index contributed by atoms with van der Waals surface area (Å²) in [5.74, 6) is 1.90. The van der Waals surface area contributed by atoms with Crippen molar-refractivity contribution in [2.24, 2.45) is 0 Å². The summed E-state index contributed by atoms with van der Waals surface area (Å²) in [5, 5.41) is 1.93. The fourth-order valence-electron chi connectivity index (χ4n) is 3.47. The minimum Gasteiger partial charge on any atom is -0.497 e. The molecule has 0 fully saturated rings. The number of methoxy groups -OCH3 is 1. The first-order valence-corrected chi connectivity index (χ1v) is 7.95. The van der Waals surface area contributed by atoms with Crippen LogP contribution in [0.3, 0.4) is 0 Å². The van der Waals surface area contributed by atoms with Gasteiger partial charge in [0.2, 0.25) is 6.79 Å². The lowest BCUT2D eigenvalue weighted by Gasteiger charge is -2.13. The number of carbonyl (C=O) groups excluding carboxylic acids is 1. The lowest BCUT2D eigenvalue weighted by atomic mass is 9.90. The van der Waals surface area contributed by atoms with Crippen molar-refractivity contribution in [3.63, 3.8) is 0 Å². The number of carbonyl (C=O) groups is 1. The van der Waals surface area contributed by atoms with E-state index in [1.54, 1.807) is 7.11 Å². The van der Waals surface area contributed by atoms with Crippen LogP contribution >= 0.6 is 0 Å². The summed E-state index contributed by atoms with van der Waals surface area (Å²) in [5.41, 5.74) is 3.50. The van der Waals surface area contributed by atoms with E-state index in [4.69, 9.17) is 18.9 Å². The van der Waals surface area contributed by atoms with Gasteiger partial charge in [0.05, 0.1) is 12.7 Å². The molecule has 0 bridgehead atoms. The van der Waals surface area contributed by atoms with Crippen molar-refractivity contribution in [2.75, 3.05) is 13.9 Å². The third-order valence-electron chi connectivity index (χ3n) is 4.69. The molecule has 3 aromatic carbocycles. The largest absolute Gasteiger partial charge is 0.497 e. The maximum atomic E-state index is 12.1. The second-order valence-corrected chi connectivity index (χ2v) is 6.01. The number of esters is 1. The summed E-state index contributed by atoms with van der Waals surface area (Å²) in [6, 6.07) is 13.5. The Morgan fingerprint density at radius 2 is 1.72 bits per heavy atom.